The summed E-state index contributed by atoms with van der Waals surface area (Å²) in [6, 6.07) is 11.8. The summed E-state index contributed by atoms with van der Waals surface area (Å²) >= 11 is 0. The highest BCUT2D eigenvalue weighted by Gasteiger charge is 2.20. The summed E-state index contributed by atoms with van der Waals surface area (Å²) in [5.74, 6) is -2.15. The molecule has 0 saturated carbocycles. The van der Waals surface area contributed by atoms with Crippen LogP contribution in [0, 0.1) is 0 Å². The van der Waals surface area contributed by atoms with E-state index in [0.717, 1.165) is 18.8 Å². The van der Waals surface area contributed by atoms with Gasteiger partial charge in [-0.1, -0.05) is 0 Å². The lowest BCUT2D eigenvalue weighted by Crippen LogP contribution is -2.42. The fourth-order valence-electron chi connectivity index (χ4n) is 5.34. The zero-order valence-corrected chi connectivity index (χ0v) is 28.7. The summed E-state index contributed by atoms with van der Waals surface area (Å²) in [4.78, 5) is 54.6. The third-order valence-electron chi connectivity index (χ3n) is 7.94. The van der Waals surface area contributed by atoms with Crippen LogP contribution in [0.2, 0.25) is 0 Å². The molecule has 15 heteroatoms. The van der Waals surface area contributed by atoms with E-state index in [9.17, 15) is 29.4 Å². The predicted molar refractivity (Wildman–Crippen MR) is 188 cm³/mol. The van der Waals surface area contributed by atoms with Crippen LogP contribution in [0.1, 0.15) is 29.8 Å². The summed E-state index contributed by atoms with van der Waals surface area (Å²) in [5, 5.41) is 22.1. The molecule has 0 spiro atoms. The maximum atomic E-state index is 13.7. The van der Waals surface area contributed by atoms with Gasteiger partial charge in [0.1, 0.15) is 49.8 Å². The fraction of sp³-hybridized carbons (Fsp3) is 0.389. The Labute approximate surface area is 295 Å². The van der Waals surface area contributed by atoms with Crippen LogP contribution in [0.5, 0.6) is 11.5 Å². The summed E-state index contributed by atoms with van der Waals surface area (Å²) < 4.78 is 28.5. The van der Waals surface area contributed by atoms with E-state index in [4.69, 9.17) is 23.4 Å². The molecular formula is C36H44N4O11. The second-order valence-electron chi connectivity index (χ2n) is 11.4. The molecule has 1 aromatic heterocycles. The predicted octanol–water partition coefficient (Wildman–Crippen LogP) is 2.98. The summed E-state index contributed by atoms with van der Waals surface area (Å²) in [5.41, 5.74) is 0.647. The minimum Gasteiger partial charge on any atom is -0.497 e. The maximum Gasteiger partial charge on any atom is 0.347 e. The number of hydrogen-bond acceptors (Lipinski definition) is 13. The van der Waals surface area contributed by atoms with E-state index in [-0.39, 0.29) is 43.2 Å². The average molecular weight is 709 g/mol. The zero-order valence-electron chi connectivity index (χ0n) is 28.7. The molecule has 274 valence electrons. The van der Waals surface area contributed by atoms with Crippen molar-refractivity contribution in [3.05, 3.63) is 89.0 Å². The second kappa shape index (κ2) is 19.6. The number of carboxylic acids is 2. The SMILES string of the molecule is CCN(CC)c1ccc2cc(C(=O)c3ccc4c(c3)OCCN/C=C\O/C=C\OCCN(CCN(CC(=O)O)CC(=O)O)CCO4)c(=O)oc2c1. The Morgan fingerprint density at radius 2 is 1.61 bits per heavy atom. The van der Waals surface area contributed by atoms with E-state index in [1.54, 1.807) is 24.4 Å². The number of aliphatic carboxylic acids is 2. The number of anilines is 1. The molecule has 2 heterocycles. The maximum absolute atomic E-state index is 13.7. The minimum absolute atomic E-state index is 0.113. The first kappa shape index (κ1) is 38.3. The number of ketones is 1. The van der Waals surface area contributed by atoms with Gasteiger partial charge in [-0.05, 0) is 50.2 Å². The lowest BCUT2D eigenvalue weighted by Gasteiger charge is -2.26. The first-order chi connectivity index (χ1) is 24.7. The number of ether oxygens (including phenoxy) is 4. The van der Waals surface area contributed by atoms with Crippen LogP contribution < -0.4 is 25.3 Å². The summed E-state index contributed by atoms with van der Waals surface area (Å²) in [7, 11) is 0. The van der Waals surface area contributed by atoms with E-state index < -0.39 is 36.4 Å². The van der Waals surface area contributed by atoms with Gasteiger partial charge in [-0.3, -0.25) is 24.2 Å². The molecule has 4 rings (SSSR count). The van der Waals surface area contributed by atoms with Gasteiger partial charge in [0.2, 0.25) is 5.78 Å². The van der Waals surface area contributed by atoms with Crippen LogP contribution >= 0.6 is 0 Å². The van der Waals surface area contributed by atoms with Gasteiger partial charge in [0.15, 0.2) is 11.5 Å². The Kier molecular flexibility index (Phi) is 14.7. The smallest absolute Gasteiger partial charge is 0.347 e. The van der Waals surface area contributed by atoms with Gasteiger partial charge in [-0.2, -0.15) is 0 Å². The Morgan fingerprint density at radius 3 is 2.35 bits per heavy atom. The Bertz CT molecular complexity index is 1740. The van der Waals surface area contributed by atoms with Gasteiger partial charge in [0, 0.05) is 74.7 Å². The molecule has 1 aliphatic heterocycles. The number of fused-ring (bicyclic) bond motifs is 2. The monoisotopic (exact) mass is 708 g/mol. The molecule has 3 N–H and O–H groups in total. The van der Waals surface area contributed by atoms with Gasteiger partial charge in [0.05, 0.1) is 13.1 Å². The normalized spacial score (nSPS) is 15.7. The molecule has 0 saturated heterocycles. The highest BCUT2D eigenvalue weighted by Crippen LogP contribution is 2.30. The van der Waals surface area contributed by atoms with Crippen LogP contribution in [0.4, 0.5) is 5.69 Å². The van der Waals surface area contributed by atoms with E-state index in [2.05, 4.69) is 10.2 Å². The number of carbonyl (C=O) groups excluding carboxylic acids is 1. The van der Waals surface area contributed by atoms with Crippen LogP contribution in [-0.4, -0.2) is 116 Å². The van der Waals surface area contributed by atoms with Crippen molar-refractivity contribution in [2.24, 2.45) is 0 Å². The summed E-state index contributed by atoms with van der Waals surface area (Å²) in [6.07, 6.45) is 5.76. The molecule has 1 aliphatic rings. The molecule has 3 aromatic rings. The fourth-order valence-corrected chi connectivity index (χ4v) is 5.34. The van der Waals surface area contributed by atoms with Gasteiger partial charge < -0.3 is 43.8 Å². The Morgan fingerprint density at radius 1 is 0.863 bits per heavy atom. The molecule has 0 aliphatic carbocycles. The van der Waals surface area contributed by atoms with Crippen molar-refractivity contribution in [2.75, 3.05) is 83.6 Å². The molecule has 51 heavy (non-hydrogen) atoms. The highest BCUT2D eigenvalue weighted by atomic mass is 16.5. The Hall–Kier alpha value is -5.54. The molecule has 15 nitrogen and oxygen atoms in total. The van der Waals surface area contributed by atoms with Crippen molar-refractivity contribution in [1.29, 1.82) is 0 Å². The first-order valence-electron chi connectivity index (χ1n) is 16.6. The standard InChI is InChI=1S/C36H44N4O11/c1-3-40(4-2)28-7-5-26-21-29(36(46)51-31(26)23-28)35(45)27-6-8-30-32(22-27)49-16-10-37-9-15-47-19-20-48-17-13-38(14-18-50-30)11-12-39(24-33(41)42)25-34(43)44/h5-9,15,19-23,37H,3-4,10-14,16-18,24-25H2,1-2H3,(H,41,42)(H,43,44)/b15-9-,20-19-. The van der Waals surface area contributed by atoms with Crippen LogP contribution in [0.25, 0.3) is 11.0 Å². The van der Waals surface area contributed by atoms with Gasteiger partial charge in [-0.15, -0.1) is 0 Å². The van der Waals surface area contributed by atoms with E-state index in [0.29, 0.717) is 42.9 Å². The number of rotatable bonds is 12. The molecule has 0 amide bonds. The third kappa shape index (κ3) is 11.8. The lowest BCUT2D eigenvalue weighted by atomic mass is 10.0. The molecule has 0 bridgehead atoms. The van der Waals surface area contributed by atoms with Crippen LogP contribution in [-0.2, 0) is 19.1 Å². The van der Waals surface area contributed by atoms with Gasteiger partial charge in [-0.25, -0.2) is 4.79 Å². The number of benzene rings is 2. The zero-order chi connectivity index (χ0) is 36.6. The van der Waals surface area contributed by atoms with Crippen molar-refractivity contribution in [3.8, 4) is 11.5 Å². The number of nitrogens with one attached hydrogen (secondary N) is 1. The van der Waals surface area contributed by atoms with Crippen molar-refractivity contribution >= 4 is 34.4 Å². The van der Waals surface area contributed by atoms with E-state index in [1.165, 1.54) is 35.8 Å². The molecule has 0 radical (unpaired) electrons. The third-order valence-corrected chi connectivity index (χ3v) is 7.94. The van der Waals surface area contributed by atoms with E-state index >= 15 is 0 Å². The van der Waals surface area contributed by atoms with Crippen molar-refractivity contribution < 1.29 is 48.0 Å². The number of carbonyl (C=O) groups is 3. The average Bonchev–Trinajstić information content (AvgIpc) is 3.10. The quantitative estimate of drug-likeness (QED) is 0.184. The van der Waals surface area contributed by atoms with Crippen LogP contribution in [0.15, 0.2) is 76.7 Å². The Balaban J connectivity index is 1.54. The van der Waals surface area contributed by atoms with Crippen molar-refractivity contribution in [2.45, 2.75) is 13.8 Å². The topological polar surface area (TPSA) is 181 Å². The largest absolute Gasteiger partial charge is 0.497 e. The minimum atomic E-state index is -1.13. The van der Waals surface area contributed by atoms with Gasteiger partial charge in [0.25, 0.3) is 0 Å². The molecule has 0 unspecified atom stereocenters. The first-order valence-corrected chi connectivity index (χ1v) is 16.6. The second-order valence-corrected chi connectivity index (χ2v) is 11.4. The lowest BCUT2D eigenvalue weighted by molar-refractivity contribution is -0.141. The van der Waals surface area contributed by atoms with Gasteiger partial charge >= 0.3 is 17.6 Å². The molecule has 2 aromatic carbocycles. The van der Waals surface area contributed by atoms with E-state index in [1.807, 2.05) is 30.9 Å². The molecular weight excluding hydrogens is 664 g/mol. The highest BCUT2D eigenvalue weighted by molar-refractivity contribution is 6.10. The number of nitrogens with zero attached hydrogens (tertiary/aromatic N) is 3. The van der Waals surface area contributed by atoms with Crippen molar-refractivity contribution in [3.63, 3.8) is 0 Å². The van der Waals surface area contributed by atoms with Crippen molar-refractivity contribution in [1.82, 2.24) is 15.1 Å². The summed E-state index contributed by atoms with van der Waals surface area (Å²) in [6.45, 7) is 7.16. The number of hydrogen-bond donors (Lipinski definition) is 3. The molecule has 0 fully saturated rings. The number of carboxylic acid groups (broad SMARTS) is 2. The van der Waals surface area contributed by atoms with Crippen LogP contribution in [0.3, 0.4) is 0 Å². The molecule has 0 atom stereocenters.